The van der Waals surface area contributed by atoms with E-state index in [-0.39, 0.29) is 23.1 Å². The van der Waals surface area contributed by atoms with Crippen LogP contribution in [0.15, 0.2) is 65.6 Å². The summed E-state index contributed by atoms with van der Waals surface area (Å²) in [6.45, 7) is 2.62. The first-order chi connectivity index (χ1) is 20.8. The van der Waals surface area contributed by atoms with Crippen molar-refractivity contribution in [3.63, 3.8) is 0 Å². The van der Waals surface area contributed by atoms with Crippen LogP contribution < -0.4 is 11.0 Å². The number of quaternary nitrogens is 1. The standard InChI is InChI=1S/C32H34F3N7O2/c1-21-29(28-16-17-37-41(28)26-14-10-22(19-36)11-15-26)40(30(43)38-25-12-8-23(9-13-25)20-42(2,3)4)31(44)39(21)27-7-5-6-24(18-27)32(33,34)35/h5-7,10-11,14-18,23,25H,8-9,12-13,20H2,1-4H3/p+1. The minimum absolute atomic E-state index is 0.0135. The van der Waals surface area contributed by atoms with Crippen molar-refractivity contribution >= 4 is 6.03 Å². The smallest absolute Gasteiger partial charge is 0.335 e. The number of carbonyl (C=O) groups excluding carboxylic acids is 1. The molecule has 2 aromatic carbocycles. The molecular weight excluding hydrogens is 571 g/mol. The van der Waals surface area contributed by atoms with Crippen LogP contribution in [0.5, 0.6) is 0 Å². The molecule has 0 spiro atoms. The van der Waals surface area contributed by atoms with E-state index in [9.17, 15) is 28.0 Å². The molecule has 2 heterocycles. The quantitative estimate of drug-likeness (QED) is 0.293. The first-order valence-electron chi connectivity index (χ1n) is 14.4. The molecule has 1 amide bonds. The van der Waals surface area contributed by atoms with Crippen molar-refractivity contribution in [1.29, 1.82) is 5.26 Å². The molecule has 1 saturated carbocycles. The molecule has 1 aliphatic carbocycles. The van der Waals surface area contributed by atoms with Gasteiger partial charge in [0.25, 0.3) is 0 Å². The molecule has 0 atom stereocenters. The highest BCUT2D eigenvalue weighted by Gasteiger charge is 2.33. The Labute approximate surface area is 253 Å². The van der Waals surface area contributed by atoms with E-state index in [1.807, 2.05) is 0 Å². The molecule has 4 aromatic rings. The molecule has 230 valence electrons. The van der Waals surface area contributed by atoms with Crippen molar-refractivity contribution < 1.29 is 22.4 Å². The van der Waals surface area contributed by atoms with Gasteiger partial charge in [-0.3, -0.25) is 4.57 Å². The number of halogens is 3. The fourth-order valence-corrected chi connectivity index (χ4v) is 6.09. The lowest BCUT2D eigenvalue weighted by Crippen LogP contribution is -2.45. The van der Waals surface area contributed by atoms with Crippen LogP contribution in [0.2, 0.25) is 0 Å². The molecule has 12 heteroatoms. The number of nitrogens with zero attached hydrogens (tertiary/aromatic N) is 6. The number of benzene rings is 2. The first-order valence-corrected chi connectivity index (χ1v) is 14.4. The molecular formula is C32H35F3N7O2+. The molecule has 1 aliphatic rings. The molecule has 0 bridgehead atoms. The number of aromatic nitrogens is 4. The number of carbonyl (C=O) groups is 1. The van der Waals surface area contributed by atoms with E-state index in [0.29, 0.717) is 22.9 Å². The van der Waals surface area contributed by atoms with Crippen molar-refractivity contribution in [2.75, 3.05) is 27.7 Å². The Morgan fingerprint density at radius 2 is 1.73 bits per heavy atom. The van der Waals surface area contributed by atoms with E-state index in [1.165, 1.54) is 23.0 Å². The molecule has 1 N–H and O–H groups in total. The number of hydrogen-bond acceptors (Lipinski definition) is 4. The average Bonchev–Trinajstić information content (AvgIpc) is 3.54. The van der Waals surface area contributed by atoms with Crippen molar-refractivity contribution in [2.24, 2.45) is 5.92 Å². The van der Waals surface area contributed by atoms with Gasteiger partial charge in [-0.05, 0) is 81.1 Å². The Morgan fingerprint density at radius 3 is 2.34 bits per heavy atom. The van der Waals surface area contributed by atoms with Crippen LogP contribution in [0.4, 0.5) is 18.0 Å². The lowest BCUT2D eigenvalue weighted by Gasteiger charge is -2.34. The van der Waals surface area contributed by atoms with Crippen LogP contribution in [0.1, 0.15) is 42.5 Å². The van der Waals surface area contributed by atoms with Gasteiger partial charge in [0.15, 0.2) is 0 Å². The highest BCUT2D eigenvalue weighted by atomic mass is 19.4. The van der Waals surface area contributed by atoms with E-state index in [2.05, 4.69) is 37.6 Å². The summed E-state index contributed by atoms with van der Waals surface area (Å²) in [5.74, 6) is 0.535. The third kappa shape index (κ3) is 6.33. The van der Waals surface area contributed by atoms with E-state index in [1.54, 1.807) is 37.3 Å². The molecule has 44 heavy (non-hydrogen) atoms. The number of nitriles is 1. The summed E-state index contributed by atoms with van der Waals surface area (Å²) in [7, 11) is 6.46. The third-order valence-electron chi connectivity index (χ3n) is 8.03. The van der Waals surface area contributed by atoms with Gasteiger partial charge in [-0.1, -0.05) is 6.07 Å². The topological polar surface area (TPSA) is 97.6 Å². The number of nitrogens with one attached hydrogen (secondary N) is 1. The number of alkyl halides is 3. The summed E-state index contributed by atoms with van der Waals surface area (Å²) in [5, 5.41) is 16.6. The molecule has 0 unspecified atom stereocenters. The largest absolute Gasteiger partial charge is 0.416 e. The zero-order chi connectivity index (χ0) is 31.8. The van der Waals surface area contributed by atoms with Gasteiger partial charge in [-0.15, -0.1) is 0 Å². The Kier molecular flexibility index (Phi) is 8.27. The number of rotatable bonds is 6. The summed E-state index contributed by atoms with van der Waals surface area (Å²) >= 11 is 0. The summed E-state index contributed by atoms with van der Waals surface area (Å²) in [6, 6.07) is 14.0. The van der Waals surface area contributed by atoms with Gasteiger partial charge < -0.3 is 9.80 Å². The van der Waals surface area contributed by atoms with Gasteiger partial charge >= 0.3 is 17.9 Å². The first kappa shape index (κ1) is 30.8. The van der Waals surface area contributed by atoms with Crippen LogP contribution >= 0.6 is 0 Å². The summed E-state index contributed by atoms with van der Waals surface area (Å²) in [4.78, 5) is 27.9. The van der Waals surface area contributed by atoms with Gasteiger partial charge in [-0.25, -0.2) is 18.8 Å². The second-order valence-electron chi connectivity index (χ2n) is 12.4. The summed E-state index contributed by atoms with van der Waals surface area (Å²) in [6.07, 6.45) is 0.301. The normalized spacial score (nSPS) is 17.3. The maximum absolute atomic E-state index is 14.0. The highest BCUT2D eigenvalue weighted by molar-refractivity contribution is 5.83. The third-order valence-corrected chi connectivity index (χ3v) is 8.03. The predicted molar refractivity (Wildman–Crippen MR) is 160 cm³/mol. The number of imidazole rings is 1. The van der Waals surface area contributed by atoms with Crippen LogP contribution in [0, 0.1) is 24.2 Å². The predicted octanol–water partition coefficient (Wildman–Crippen LogP) is 5.51. The van der Waals surface area contributed by atoms with E-state index in [0.717, 1.165) is 58.0 Å². The molecule has 1 fully saturated rings. The lowest BCUT2D eigenvalue weighted by atomic mass is 9.85. The average molecular weight is 607 g/mol. The SMILES string of the molecule is Cc1c(-c2ccnn2-c2ccc(C#N)cc2)n(C(=O)NC2CCC(C[N+](C)(C)C)CC2)c(=O)n1-c1cccc(C(F)(F)F)c1. The maximum Gasteiger partial charge on any atom is 0.416 e. The van der Waals surface area contributed by atoms with Crippen molar-refractivity contribution in [1.82, 2.24) is 24.2 Å². The molecule has 5 rings (SSSR count). The van der Waals surface area contributed by atoms with Gasteiger partial charge in [0.05, 0.1) is 73.8 Å². The van der Waals surface area contributed by atoms with Gasteiger partial charge in [-0.2, -0.15) is 23.5 Å². The maximum atomic E-state index is 14.0. The summed E-state index contributed by atoms with van der Waals surface area (Å²) < 4.78 is 45.3. The lowest BCUT2D eigenvalue weighted by molar-refractivity contribution is -0.874. The van der Waals surface area contributed by atoms with Crippen molar-refractivity contribution in [2.45, 2.75) is 44.8 Å². The van der Waals surface area contributed by atoms with Crippen molar-refractivity contribution in [3.8, 4) is 28.8 Å². The molecule has 0 saturated heterocycles. The Bertz CT molecular complexity index is 1760. The second-order valence-corrected chi connectivity index (χ2v) is 12.4. The highest BCUT2D eigenvalue weighted by Crippen LogP contribution is 2.32. The van der Waals surface area contributed by atoms with Gasteiger partial charge in [0.2, 0.25) is 0 Å². The molecule has 0 radical (unpaired) electrons. The van der Waals surface area contributed by atoms with Crippen LogP contribution in [-0.4, -0.2) is 63.2 Å². The monoisotopic (exact) mass is 606 g/mol. The molecule has 0 aliphatic heterocycles. The van der Waals surface area contributed by atoms with E-state index in [4.69, 9.17) is 0 Å². The van der Waals surface area contributed by atoms with E-state index < -0.39 is 23.5 Å². The second kappa shape index (κ2) is 11.8. The van der Waals surface area contributed by atoms with Crippen LogP contribution in [0.25, 0.3) is 22.8 Å². The van der Waals surface area contributed by atoms with Crippen molar-refractivity contribution in [3.05, 3.63) is 88.1 Å². The summed E-state index contributed by atoms with van der Waals surface area (Å²) in [5.41, 5.74) is 0.162. The van der Waals surface area contributed by atoms with E-state index >= 15 is 0 Å². The van der Waals surface area contributed by atoms with Gasteiger partial charge in [0, 0.05) is 12.0 Å². The zero-order valence-corrected chi connectivity index (χ0v) is 25.1. The Balaban J connectivity index is 1.58. The fraction of sp³-hybridized carbons (Fsp3) is 0.375. The zero-order valence-electron chi connectivity index (χ0n) is 25.1. The van der Waals surface area contributed by atoms with Gasteiger partial charge in [0.1, 0.15) is 5.69 Å². The molecule has 2 aromatic heterocycles. The minimum Gasteiger partial charge on any atom is -0.335 e. The fourth-order valence-electron chi connectivity index (χ4n) is 6.09. The number of hydrogen-bond donors (Lipinski definition) is 1. The number of amides is 1. The van der Waals surface area contributed by atoms with Crippen LogP contribution in [0.3, 0.4) is 0 Å². The molecule has 9 nitrogen and oxygen atoms in total. The van der Waals surface area contributed by atoms with Crippen LogP contribution in [-0.2, 0) is 6.18 Å². The Morgan fingerprint density at radius 1 is 1.05 bits per heavy atom. The minimum atomic E-state index is -4.62. The Hall–Kier alpha value is -4.63.